The van der Waals surface area contributed by atoms with Gasteiger partial charge in [-0.25, -0.2) is 9.07 Å². The molecule has 0 atom stereocenters. The van der Waals surface area contributed by atoms with Crippen molar-refractivity contribution in [3.63, 3.8) is 0 Å². The monoisotopic (exact) mass is 343 g/mol. The summed E-state index contributed by atoms with van der Waals surface area (Å²) in [6.07, 6.45) is 4.02. The maximum Gasteiger partial charge on any atom is 0.248 e. The van der Waals surface area contributed by atoms with Gasteiger partial charge < -0.3 is 5.32 Å². The molecule has 0 bridgehead atoms. The Morgan fingerprint density at radius 3 is 2.67 bits per heavy atom. The van der Waals surface area contributed by atoms with E-state index in [1.165, 1.54) is 35.3 Å². The molecule has 0 saturated heterocycles. The molecule has 2 aromatic carbocycles. The zero-order valence-electron chi connectivity index (χ0n) is 12.2. The van der Waals surface area contributed by atoms with Gasteiger partial charge in [0.15, 0.2) is 0 Å². The van der Waals surface area contributed by atoms with Gasteiger partial charge in [0.2, 0.25) is 5.91 Å². The molecule has 0 saturated carbocycles. The van der Waals surface area contributed by atoms with Crippen molar-refractivity contribution in [2.45, 2.75) is 0 Å². The Labute approximate surface area is 141 Å². The molecule has 1 aromatic heterocycles. The molecule has 0 aliphatic carbocycles. The van der Waals surface area contributed by atoms with E-state index >= 15 is 0 Å². The van der Waals surface area contributed by atoms with Gasteiger partial charge in [-0.05, 0) is 52.9 Å². The minimum atomic E-state index is -0.489. The van der Waals surface area contributed by atoms with E-state index in [1.807, 2.05) is 0 Å². The van der Waals surface area contributed by atoms with Gasteiger partial charge in [-0.3, -0.25) is 4.79 Å². The Bertz CT molecular complexity index is 858. The second-order valence-corrected chi connectivity index (χ2v) is 5.17. The number of carbonyl (C=O) groups excluding carboxylic acids is 1. The van der Waals surface area contributed by atoms with E-state index < -0.39 is 11.7 Å². The van der Waals surface area contributed by atoms with Crippen molar-refractivity contribution < 1.29 is 9.18 Å². The fourth-order valence-corrected chi connectivity index (χ4v) is 2.22. The first-order valence-corrected chi connectivity index (χ1v) is 7.28. The molecule has 0 aliphatic heterocycles. The lowest BCUT2D eigenvalue weighted by Gasteiger charge is -2.04. The maximum absolute atomic E-state index is 13.6. The first kappa shape index (κ1) is 15.8. The van der Waals surface area contributed by atoms with Gasteiger partial charge in [0.25, 0.3) is 0 Å². The van der Waals surface area contributed by atoms with Gasteiger partial charge in [-0.1, -0.05) is 17.7 Å². The number of nitrogens with one attached hydrogen (secondary N) is 1. The van der Waals surface area contributed by atoms with Crippen LogP contribution in [0.5, 0.6) is 0 Å². The third kappa shape index (κ3) is 3.64. The molecule has 1 amide bonds. The van der Waals surface area contributed by atoms with Crippen molar-refractivity contribution >= 4 is 29.3 Å². The Morgan fingerprint density at radius 1 is 1.21 bits per heavy atom. The summed E-state index contributed by atoms with van der Waals surface area (Å²) in [6.45, 7) is 0. The van der Waals surface area contributed by atoms with E-state index in [0.717, 1.165) is 5.69 Å². The minimum Gasteiger partial charge on any atom is -0.323 e. The van der Waals surface area contributed by atoms with Crippen LogP contribution in [0.15, 0.2) is 54.9 Å². The van der Waals surface area contributed by atoms with E-state index in [2.05, 4.69) is 20.8 Å². The Morgan fingerprint density at radius 2 is 2.00 bits per heavy atom. The molecule has 0 spiro atoms. The first-order chi connectivity index (χ1) is 11.6. The number of aromatic nitrogens is 4. The molecular weight excluding hydrogens is 333 g/mol. The number of carbonyl (C=O) groups is 1. The van der Waals surface area contributed by atoms with Crippen molar-refractivity contribution in [2.24, 2.45) is 0 Å². The zero-order chi connectivity index (χ0) is 16.9. The molecule has 3 aromatic rings. The van der Waals surface area contributed by atoms with Crippen LogP contribution in [0, 0.1) is 5.82 Å². The number of rotatable bonds is 4. The summed E-state index contributed by atoms with van der Waals surface area (Å²) in [5, 5.41) is 13.8. The minimum absolute atomic E-state index is 0.170. The van der Waals surface area contributed by atoms with Crippen LogP contribution in [0.2, 0.25) is 5.02 Å². The summed E-state index contributed by atoms with van der Waals surface area (Å²) in [5.41, 5.74) is 1.51. The summed E-state index contributed by atoms with van der Waals surface area (Å²) in [4.78, 5) is 11.9. The number of halogens is 2. The lowest BCUT2D eigenvalue weighted by molar-refractivity contribution is -0.111. The predicted molar refractivity (Wildman–Crippen MR) is 88.2 cm³/mol. The average molecular weight is 344 g/mol. The summed E-state index contributed by atoms with van der Waals surface area (Å²) < 4.78 is 15.1. The summed E-state index contributed by atoms with van der Waals surface area (Å²) >= 11 is 5.90. The molecule has 0 fully saturated rings. The highest BCUT2D eigenvalue weighted by molar-refractivity contribution is 6.32. The van der Waals surface area contributed by atoms with Gasteiger partial charge in [0.05, 0.1) is 10.7 Å². The molecule has 6 nitrogen and oxygen atoms in total. The van der Waals surface area contributed by atoms with Crippen LogP contribution in [0.4, 0.5) is 10.1 Å². The van der Waals surface area contributed by atoms with Crippen LogP contribution in [0.3, 0.4) is 0 Å². The van der Waals surface area contributed by atoms with E-state index in [1.54, 1.807) is 30.3 Å². The number of anilines is 1. The fraction of sp³-hybridized carbons (Fsp3) is 0. The van der Waals surface area contributed by atoms with Crippen molar-refractivity contribution in [3.05, 3.63) is 71.3 Å². The van der Waals surface area contributed by atoms with E-state index in [0.29, 0.717) is 5.69 Å². The van der Waals surface area contributed by atoms with Gasteiger partial charge in [0.1, 0.15) is 12.1 Å². The molecular formula is C16H11ClFN5O. The van der Waals surface area contributed by atoms with Crippen molar-refractivity contribution in [1.29, 1.82) is 0 Å². The van der Waals surface area contributed by atoms with Gasteiger partial charge in [0, 0.05) is 17.3 Å². The average Bonchev–Trinajstić information content (AvgIpc) is 3.09. The summed E-state index contributed by atoms with van der Waals surface area (Å²) in [7, 11) is 0. The third-order valence-corrected chi connectivity index (χ3v) is 3.48. The van der Waals surface area contributed by atoms with Crippen LogP contribution in [0.25, 0.3) is 11.8 Å². The second-order valence-electron chi connectivity index (χ2n) is 4.76. The van der Waals surface area contributed by atoms with Crippen LogP contribution < -0.4 is 5.32 Å². The number of benzene rings is 2. The second kappa shape index (κ2) is 7.01. The normalized spacial score (nSPS) is 10.9. The molecule has 0 aliphatic rings. The van der Waals surface area contributed by atoms with E-state index in [-0.39, 0.29) is 10.6 Å². The zero-order valence-corrected chi connectivity index (χ0v) is 13.0. The number of hydrogen-bond donors (Lipinski definition) is 1. The highest BCUT2D eigenvalue weighted by atomic mass is 35.5. The number of amides is 1. The van der Waals surface area contributed by atoms with E-state index in [4.69, 9.17) is 11.6 Å². The largest absolute Gasteiger partial charge is 0.323 e. The molecule has 1 N–H and O–H groups in total. The number of nitrogens with zero attached hydrogens (tertiary/aromatic N) is 4. The summed E-state index contributed by atoms with van der Waals surface area (Å²) in [5.74, 6) is -0.887. The third-order valence-electron chi connectivity index (χ3n) is 3.15. The smallest absolute Gasteiger partial charge is 0.248 e. The highest BCUT2D eigenvalue weighted by Gasteiger charge is 2.05. The molecule has 8 heteroatoms. The molecule has 0 unspecified atom stereocenters. The van der Waals surface area contributed by atoms with Crippen LogP contribution in [-0.2, 0) is 4.79 Å². The van der Waals surface area contributed by atoms with Crippen molar-refractivity contribution in [3.8, 4) is 5.69 Å². The van der Waals surface area contributed by atoms with Crippen molar-refractivity contribution in [2.75, 3.05) is 5.32 Å². The quantitative estimate of drug-likeness (QED) is 0.739. The van der Waals surface area contributed by atoms with Crippen molar-refractivity contribution in [1.82, 2.24) is 20.2 Å². The highest BCUT2D eigenvalue weighted by Crippen LogP contribution is 2.20. The maximum atomic E-state index is 13.6. The molecule has 3 rings (SSSR count). The van der Waals surface area contributed by atoms with Gasteiger partial charge in [-0.2, -0.15) is 0 Å². The summed E-state index contributed by atoms with van der Waals surface area (Å²) in [6, 6.07) is 11.3. The molecule has 0 radical (unpaired) electrons. The standard InChI is InChI=1S/C16H11ClFN5O/c17-14-2-1-3-15(18)13(14)8-9-16(24)20-11-4-6-12(7-5-11)23-10-19-21-22-23/h1-10H,(H,20,24)/b9-8+. The van der Waals surface area contributed by atoms with Gasteiger partial charge in [-0.15, -0.1) is 5.10 Å². The van der Waals surface area contributed by atoms with Gasteiger partial charge >= 0.3 is 0 Å². The van der Waals surface area contributed by atoms with Crippen LogP contribution >= 0.6 is 11.6 Å². The number of hydrogen-bond acceptors (Lipinski definition) is 4. The molecule has 1 heterocycles. The van der Waals surface area contributed by atoms with E-state index in [9.17, 15) is 9.18 Å². The Hall–Kier alpha value is -3.06. The first-order valence-electron chi connectivity index (χ1n) is 6.90. The lowest BCUT2D eigenvalue weighted by Crippen LogP contribution is -2.08. The topological polar surface area (TPSA) is 72.7 Å². The lowest BCUT2D eigenvalue weighted by atomic mass is 10.2. The Kier molecular flexibility index (Phi) is 4.62. The SMILES string of the molecule is O=C(/C=C/c1c(F)cccc1Cl)Nc1ccc(-n2cnnn2)cc1. The predicted octanol–water partition coefficient (Wildman–Crippen LogP) is 3.11. The van der Waals surface area contributed by atoms with Crippen LogP contribution in [-0.4, -0.2) is 26.1 Å². The Balaban J connectivity index is 1.68. The molecule has 24 heavy (non-hydrogen) atoms. The van der Waals surface area contributed by atoms with Crippen LogP contribution in [0.1, 0.15) is 5.56 Å². The fourth-order valence-electron chi connectivity index (χ4n) is 1.99. The number of tetrazole rings is 1. The molecule has 120 valence electrons.